The van der Waals surface area contributed by atoms with E-state index in [0.717, 1.165) is 10.9 Å². The van der Waals surface area contributed by atoms with Crippen molar-refractivity contribution in [3.63, 3.8) is 0 Å². The molecule has 33 heavy (non-hydrogen) atoms. The third-order valence-corrected chi connectivity index (χ3v) is 5.00. The molecule has 0 aliphatic rings. The second kappa shape index (κ2) is 11.6. The minimum absolute atomic E-state index is 0.0154. The molecular weight excluding hydrogens is 436 g/mol. The van der Waals surface area contributed by atoms with Crippen LogP contribution in [0.25, 0.3) is 10.9 Å². The van der Waals surface area contributed by atoms with Crippen molar-refractivity contribution in [1.29, 1.82) is 0 Å². The summed E-state index contributed by atoms with van der Waals surface area (Å²) in [5.41, 5.74) is 7.20. The van der Waals surface area contributed by atoms with Crippen LogP contribution in [-0.4, -0.2) is 68.2 Å². The van der Waals surface area contributed by atoms with Crippen LogP contribution < -0.4 is 16.4 Å². The van der Waals surface area contributed by atoms with Crippen LogP contribution in [0.15, 0.2) is 30.5 Å². The predicted octanol–water partition coefficient (Wildman–Crippen LogP) is -0.178. The maximum atomic E-state index is 12.9. The van der Waals surface area contributed by atoms with E-state index in [1.807, 2.05) is 18.2 Å². The highest BCUT2D eigenvalue weighted by molar-refractivity contribution is 5.93. The molecule has 2 rings (SSSR count). The van der Waals surface area contributed by atoms with Crippen LogP contribution in [-0.2, 0) is 30.4 Å². The summed E-state index contributed by atoms with van der Waals surface area (Å²) in [5.74, 6) is -5.37. The third kappa shape index (κ3) is 7.61. The summed E-state index contributed by atoms with van der Waals surface area (Å²) in [6.45, 7) is 0. The second-order valence-electron chi connectivity index (χ2n) is 7.50. The van der Waals surface area contributed by atoms with Crippen molar-refractivity contribution in [2.24, 2.45) is 5.73 Å². The highest BCUT2D eigenvalue weighted by Gasteiger charge is 2.29. The molecule has 1 heterocycles. The molecule has 8 N–H and O–H groups in total. The minimum Gasteiger partial charge on any atom is -0.481 e. The highest BCUT2D eigenvalue weighted by Crippen LogP contribution is 2.19. The van der Waals surface area contributed by atoms with E-state index >= 15 is 0 Å². The Bertz CT molecular complexity index is 1030. The van der Waals surface area contributed by atoms with Gasteiger partial charge in [-0.2, -0.15) is 0 Å². The molecule has 1 aromatic heterocycles. The van der Waals surface area contributed by atoms with Crippen molar-refractivity contribution < 1.29 is 39.3 Å². The zero-order chi connectivity index (χ0) is 24.5. The number of hydrogen-bond acceptors (Lipinski definition) is 6. The van der Waals surface area contributed by atoms with Crippen molar-refractivity contribution in [3.8, 4) is 0 Å². The number of aromatic nitrogens is 1. The molecule has 0 saturated heterocycles. The number of carbonyl (C=O) groups excluding carboxylic acids is 2. The lowest BCUT2D eigenvalue weighted by atomic mass is 10.0. The zero-order valence-electron chi connectivity index (χ0n) is 17.6. The molecule has 0 spiro atoms. The first-order valence-electron chi connectivity index (χ1n) is 10.2. The van der Waals surface area contributed by atoms with Crippen LogP contribution in [0.2, 0.25) is 0 Å². The maximum Gasteiger partial charge on any atom is 0.326 e. The Hall–Kier alpha value is -3.93. The fraction of sp³-hybridized carbons (Fsp3) is 0.381. The number of aliphatic carboxylic acids is 3. The lowest BCUT2D eigenvalue weighted by molar-refractivity contribution is -0.143. The molecule has 3 atom stereocenters. The lowest BCUT2D eigenvalue weighted by Gasteiger charge is -2.22. The number of hydrogen-bond donors (Lipinski definition) is 7. The molecule has 1 aromatic carbocycles. The van der Waals surface area contributed by atoms with Crippen molar-refractivity contribution >= 4 is 40.6 Å². The van der Waals surface area contributed by atoms with E-state index in [4.69, 9.17) is 15.9 Å². The molecule has 0 bridgehead atoms. The van der Waals surface area contributed by atoms with E-state index in [1.54, 1.807) is 12.3 Å². The highest BCUT2D eigenvalue weighted by atomic mass is 16.4. The summed E-state index contributed by atoms with van der Waals surface area (Å²) in [6, 6.07) is 3.33. The van der Waals surface area contributed by atoms with Gasteiger partial charge in [0.1, 0.15) is 12.1 Å². The fourth-order valence-electron chi connectivity index (χ4n) is 3.22. The average molecular weight is 462 g/mol. The zero-order valence-corrected chi connectivity index (χ0v) is 17.6. The molecule has 12 heteroatoms. The predicted molar refractivity (Wildman–Crippen MR) is 115 cm³/mol. The van der Waals surface area contributed by atoms with Crippen LogP contribution in [0.3, 0.4) is 0 Å². The molecule has 2 amide bonds. The molecule has 0 aliphatic carbocycles. The van der Waals surface area contributed by atoms with Crippen molar-refractivity contribution in [2.75, 3.05) is 0 Å². The summed E-state index contributed by atoms with van der Waals surface area (Å²) < 4.78 is 0. The summed E-state index contributed by atoms with van der Waals surface area (Å²) >= 11 is 0. The van der Waals surface area contributed by atoms with Crippen molar-refractivity contribution in [2.45, 2.75) is 50.2 Å². The van der Waals surface area contributed by atoms with Gasteiger partial charge in [0.25, 0.3) is 0 Å². The van der Waals surface area contributed by atoms with Crippen molar-refractivity contribution in [3.05, 3.63) is 36.0 Å². The molecule has 12 nitrogen and oxygen atoms in total. The molecule has 0 aliphatic heterocycles. The Labute approximate surface area is 188 Å². The largest absolute Gasteiger partial charge is 0.481 e. The topological polar surface area (TPSA) is 212 Å². The van der Waals surface area contributed by atoms with E-state index in [2.05, 4.69) is 15.6 Å². The van der Waals surface area contributed by atoms with Crippen LogP contribution in [0, 0.1) is 0 Å². The third-order valence-electron chi connectivity index (χ3n) is 5.00. The Morgan fingerprint density at radius 3 is 2.12 bits per heavy atom. The van der Waals surface area contributed by atoms with Crippen LogP contribution in [0.1, 0.15) is 31.2 Å². The average Bonchev–Trinajstić information content (AvgIpc) is 3.16. The molecule has 0 unspecified atom stereocenters. The number of carboxylic acids is 3. The quantitative estimate of drug-likeness (QED) is 0.210. The number of carbonyl (C=O) groups is 5. The van der Waals surface area contributed by atoms with E-state index in [1.165, 1.54) is 0 Å². The molecule has 0 radical (unpaired) electrons. The van der Waals surface area contributed by atoms with Crippen LogP contribution in [0.4, 0.5) is 0 Å². The molecule has 178 valence electrons. The molecular formula is C21H26N4O8. The van der Waals surface area contributed by atoms with Crippen molar-refractivity contribution in [1.82, 2.24) is 15.6 Å². The van der Waals surface area contributed by atoms with E-state index in [-0.39, 0.29) is 25.7 Å². The first-order chi connectivity index (χ1) is 15.6. The molecule has 2 aromatic rings. The Morgan fingerprint density at radius 1 is 0.879 bits per heavy atom. The number of para-hydroxylation sites is 1. The summed E-state index contributed by atoms with van der Waals surface area (Å²) in [7, 11) is 0. The normalized spacial score (nSPS) is 13.6. The number of benzene rings is 1. The number of aromatic amines is 1. The van der Waals surface area contributed by atoms with Gasteiger partial charge >= 0.3 is 17.9 Å². The first kappa shape index (κ1) is 25.3. The van der Waals surface area contributed by atoms with Gasteiger partial charge < -0.3 is 36.7 Å². The smallest absolute Gasteiger partial charge is 0.326 e. The van der Waals surface area contributed by atoms with Crippen LogP contribution >= 0.6 is 0 Å². The molecule has 0 saturated carbocycles. The van der Waals surface area contributed by atoms with Gasteiger partial charge in [0.15, 0.2) is 0 Å². The number of rotatable bonds is 13. The number of nitrogens with one attached hydrogen (secondary N) is 3. The van der Waals surface area contributed by atoms with Gasteiger partial charge in [0.2, 0.25) is 11.8 Å². The van der Waals surface area contributed by atoms with Gasteiger partial charge in [-0.1, -0.05) is 18.2 Å². The van der Waals surface area contributed by atoms with E-state index < -0.39 is 54.3 Å². The Morgan fingerprint density at radius 2 is 1.48 bits per heavy atom. The number of carboxylic acid groups (broad SMARTS) is 3. The number of amides is 2. The molecule has 0 fully saturated rings. The van der Waals surface area contributed by atoms with Gasteiger partial charge in [0, 0.05) is 36.4 Å². The standard InChI is InChI=1S/C21H26N4O8/c22-13(5-7-17(26)27)19(30)25-16(9-11-10-23-14-4-2-1-3-12(11)14)20(31)24-15(21(32)33)6-8-18(28)29/h1-4,10,13,15-16,23H,5-9,22H2,(H,24,31)(H,25,30)(H,26,27)(H,28,29)(H,32,33)/t13-,15-,16+/m1/s1. The van der Waals surface area contributed by atoms with Gasteiger partial charge in [0.05, 0.1) is 6.04 Å². The fourth-order valence-corrected chi connectivity index (χ4v) is 3.22. The number of H-pyrrole nitrogens is 1. The maximum absolute atomic E-state index is 12.9. The lowest BCUT2D eigenvalue weighted by Crippen LogP contribution is -2.55. The monoisotopic (exact) mass is 462 g/mol. The second-order valence-corrected chi connectivity index (χ2v) is 7.50. The van der Waals surface area contributed by atoms with Gasteiger partial charge in [-0.3, -0.25) is 19.2 Å². The van der Waals surface area contributed by atoms with Crippen LogP contribution in [0.5, 0.6) is 0 Å². The summed E-state index contributed by atoms with van der Waals surface area (Å²) in [4.78, 5) is 61.4. The SMILES string of the molecule is N[C@H](CCC(=O)O)C(=O)N[C@@H](Cc1c[nH]c2ccccc12)C(=O)N[C@H](CCC(=O)O)C(=O)O. The first-order valence-corrected chi connectivity index (χ1v) is 10.2. The number of nitrogens with two attached hydrogens (primary N) is 1. The van der Waals surface area contributed by atoms with Gasteiger partial charge in [-0.15, -0.1) is 0 Å². The van der Waals surface area contributed by atoms with Gasteiger partial charge in [-0.05, 0) is 24.5 Å². The van der Waals surface area contributed by atoms with Gasteiger partial charge in [-0.25, -0.2) is 4.79 Å². The van der Waals surface area contributed by atoms with E-state index in [0.29, 0.717) is 5.56 Å². The Balaban J connectivity index is 2.22. The summed E-state index contributed by atoms with van der Waals surface area (Å²) in [5, 5.41) is 32.4. The summed E-state index contributed by atoms with van der Waals surface area (Å²) in [6.07, 6.45) is 0.321. The van der Waals surface area contributed by atoms with E-state index in [9.17, 15) is 29.1 Å². The minimum atomic E-state index is -1.48. The number of fused-ring (bicyclic) bond motifs is 1. The Kier molecular flexibility index (Phi) is 8.92.